The number of hydrogen-bond acceptors (Lipinski definition) is 11. The quantitative estimate of drug-likeness (QED) is 0.158. The minimum Gasteiger partial charge on any atom is -0.543 e. The van der Waals surface area contributed by atoms with Gasteiger partial charge in [0, 0.05) is 22.8 Å². The molecule has 3 N–H and O–H groups in total. The highest BCUT2D eigenvalue weighted by Crippen LogP contribution is 2.40. The van der Waals surface area contributed by atoms with Crippen LogP contribution in [0.2, 0.25) is 0 Å². The van der Waals surface area contributed by atoms with Crippen LogP contribution >= 0.6 is 23.1 Å². The predicted molar refractivity (Wildman–Crippen MR) is 129 cm³/mol. The molecule has 0 aliphatic carbocycles. The van der Waals surface area contributed by atoms with E-state index in [1.807, 2.05) is 4.57 Å². The third-order valence-electron chi connectivity index (χ3n) is 5.84. The lowest BCUT2D eigenvalue weighted by Crippen LogP contribution is -2.71. The van der Waals surface area contributed by atoms with Crippen molar-refractivity contribution in [3.8, 4) is 6.07 Å². The second-order valence-electron chi connectivity index (χ2n) is 8.02. The van der Waals surface area contributed by atoms with Crippen LogP contribution in [0, 0.1) is 11.3 Å². The smallest absolute Gasteiger partial charge is 0.286 e. The number of carbonyl (C=O) groups is 3. The Morgan fingerprint density at radius 1 is 1.46 bits per heavy atom. The van der Waals surface area contributed by atoms with E-state index in [-0.39, 0.29) is 28.8 Å². The van der Waals surface area contributed by atoms with Crippen molar-refractivity contribution >= 4 is 57.4 Å². The molecule has 2 aliphatic rings. The Morgan fingerprint density at radius 2 is 2.27 bits per heavy atom. The number of rotatable bonds is 7. The summed E-state index contributed by atoms with van der Waals surface area (Å²) in [6, 6.07) is 4.52. The SMILES string of the molecule is CO/N=C(\C(=O)N[C@@H]1C(=O)N2C(C(=O)[O-])=C(C[n+]3ccn4cc(C#N)ccc43)CS[C@@H]12)c1csc(N)n1. The fourth-order valence-corrected chi connectivity index (χ4v) is 6.09. The molecular weight excluding hydrogens is 520 g/mol. The van der Waals surface area contributed by atoms with Crippen LogP contribution in [0.3, 0.4) is 0 Å². The monoisotopic (exact) mass is 538 g/mol. The molecule has 37 heavy (non-hydrogen) atoms. The number of oxime groups is 1. The van der Waals surface area contributed by atoms with Gasteiger partial charge in [0.15, 0.2) is 10.8 Å². The summed E-state index contributed by atoms with van der Waals surface area (Å²) in [6.07, 6.45) is 5.18. The van der Waals surface area contributed by atoms with E-state index in [1.54, 1.807) is 35.1 Å². The molecule has 0 bridgehead atoms. The van der Waals surface area contributed by atoms with E-state index in [2.05, 4.69) is 21.5 Å². The number of thiazole rings is 1. The molecule has 2 aliphatic heterocycles. The van der Waals surface area contributed by atoms with E-state index < -0.39 is 29.2 Å². The molecule has 5 heterocycles. The average molecular weight is 539 g/mol. The average Bonchev–Trinajstić information content (AvgIpc) is 3.50. The van der Waals surface area contributed by atoms with Gasteiger partial charge < -0.3 is 25.8 Å². The minimum absolute atomic E-state index is 0.157. The first-order valence-electron chi connectivity index (χ1n) is 10.7. The molecule has 188 valence electrons. The van der Waals surface area contributed by atoms with Gasteiger partial charge in [-0.3, -0.25) is 14.5 Å². The van der Waals surface area contributed by atoms with E-state index in [0.29, 0.717) is 16.9 Å². The number of thioether (sulfide) groups is 1. The molecule has 2 amide bonds. The molecule has 3 aromatic heterocycles. The highest BCUT2D eigenvalue weighted by Gasteiger charge is 2.53. The van der Waals surface area contributed by atoms with Gasteiger partial charge in [0.25, 0.3) is 17.5 Å². The molecule has 1 fully saturated rings. The number of amides is 2. The molecule has 0 radical (unpaired) electrons. The number of nitriles is 1. The van der Waals surface area contributed by atoms with Gasteiger partial charge in [-0.2, -0.15) is 5.26 Å². The topological polar surface area (TPSA) is 182 Å². The van der Waals surface area contributed by atoms with Crippen LogP contribution in [0.1, 0.15) is 11.3 Å². The van der Waals surface area contributed by atoms with Gasteiger partial charge in [0.2, 0.25) is 0 Å². The lowest BCUT2D eigenvalue weighted by Gasteiger charge is -2.50. The van der Waals surface area contributed by atoms with Gasteiger partial charge >= 0.3 is 0 Å². The molecule has 0 spiro atoms. The Kier molecular flexibility index (Phi) is 6.27. The molecule has 2 atom stereocenters. The molecule has 1 saturated heterocycles. The summed E-state index contributed by atoms with van der Waals surface area (Å²) in [5.74, 6) is -2.47. The van der Waals surface area contributed by atoms with E-state index in [0.717, 1.165) is 21.9 Å². The van der Waals surface area contributed by atoms with E-state index >= 15 is 0 Å². The van der Waals surface area contributed by atoms with Crippen molar-refractivity contribution in [1.29, 1.82) is 5.26 Å². The normalized spacial score (nSPS) is 19.3. The van der Waals surface area contributed by atoms with Gasteiger partial charge in [0.1, 0.15) is 55.4 Å². The van der Waals surface area contributed by atoms with Crippen molar-refractivity contribution in [1.82, 2.24) is 19.6 Å². The lowest BCUT2D eigenvalue weighted by atomic mass is 10.0. The first kappa shape index (κ1) is 24.3. The number of nitrogens with one attached hydrogen (secondary N) is 1. The van der Waals surface area contributed by atoms with Gasteiger partial charge in [-0.25, -0.2) is 14.0 Å². The Morgan fingerprint density at radius 3 is 2.95 bits per heavy atom. The van der Waals surface area contributed by atoms with Gasteiger partial charge in [-0.1, -0.05) is 5.16 Å². The van der Waals surface area contributed by atoms with Crippen LogP contribution in [0.5, 0.6) is 0 Å². The summed E-state index contributed by atoms with van der Waals surface area (Å²) in [6.45, 7) is 0.197. The number of nitrogens with two attached hydrogens (primary N) is 1. The van der Waals surface area contributed by atoms with Crippen molar-refractivity contribution in [3.05, 3.63) is 58.6 Å². The van der Waals surface area contributed by atoms with E-state index in [1.165, 1.54) is 24.3 Å². The van der Waals surface area contributed by atoms with Gasteiger partial charge in [-0.05, 0) is 6.07 Å². The largest absolute Gasteiger partial charge is 0.543 e. The standard InChI is InChI=1S/C22H18N8O5S2/c1-35-27-15(13-10-37-22(24)25-13)18(31)26-16-19(32)30-17(21(33)34)12(9-36-20(16)30)8-29-5-4-28-7-11(6-23)2-3-14(28)29/h2-5,7,10,16,20H,8-9H2,1H3,(H3-,24,25,26,31,33,34)/b27-15-/t16-,20+/m1/s1. The second-order valence-corrected chi connectivity index (χ2v) is 10.0. The third-order valence-corrected chi connectivity index (χ3v) is 7.85. The summed E-state index contributed by atoms with van der Waals surface area (Å²) in [7, 11) is 1.27. The molecular formula is C22H18N8O5S2. The van der Waals surface area contributed by atoms with Crippen LogP contribution in [-0.4, -0.2) is 62.1 Å². The first-order chi connectivity index (χ1) is 17.8. The van der Waals surface area contributed by atoms with Crippen LogP contribution in [0.25, 0.3) is 5.65 Å². The zero-order valence-corrected chi connectivity index (χ0v) is 20.8. The maximum absolute atomic E-state index is 13.0. The molecule has 5 rings (SSSR count). The Balaban J connectivity index is 1.37. The molecule has 15 heteroatoms. The number of nitrogens with zero attached hydrogens (tertiary/aromatic N) is 6. The first-order valence-corrected chi connectivity index (χ1v) is 12.7. The zero-order valence-electron chi connectivity index (χ0n) is 19.2. The predicted octanol–water partition coefficient (Wildman–Crippen LogP) is -1.41. The van der Waals surface area contributed by atoms with Crippen molar-refractivity contribution in [3.63, 3.8) is 0 Å². The number of anilines is 1. The highest BCUT2D eigenvalue weighted by atomic mass is 32.2. The zero-order chi connectivity index (χ0) is 26.3. The van der Waals surface area contributed by atoms with Crippen molar-refractivity contribution in [2.24, 2.45) is 5.16 Å². The fraction of sp³-hybridized carbons (Fsp3) is 0.227. The molecule has 0 unspecified atom stereocenters. The number of imidazole rings is 1. The molecule has 0 aromatic carbocycles. The molecule has 0 saturated carbocycles. The number of aromatic nitrogens is 3. The number of aliphatic carboxylic acids is 1. The van der Waals surface area contributed by atoms with Crippen molar-refractivity contribution in [2.45, 2.75) is 18.0 Å². The van der Waals surface area contributed by atoms with Crippen LogP contribution < -0.4 is 20.7 Å². The van der Waals surface area contributed by atoms with Crippen molar-refractivity contribution < 1.29 is 28.9 Å². The highest BCUT2D eigenvalue weighted by molar-refractivity contribution is 8.00. The van der Waals surface area contributed by atoms with Gasteiger partial charge in [0.05, 0.1) is 17.2 Å². The maximum atomic E-state index is 13.0. The number of carboxylic acids is 1. The summed E-state index contributed by atoms with van der Waals surface area (Å²) in [4.78, 5) is 47.9. The Hall–Kier alpha value is -4.42. The Labute approximate surface area is 217 Å². The number of nitrogen functional groups attached to an aromatic ring is 1. The summed E-state index contributed by atoms with van der Waals surface area (Å²) in [5.41, 5.74) is 7.18. The number of carboxylic acid groups (broad SMARTS) is 1. The number of pyridine rings is 1. The number of hydrogen-bond donors (Lipinski definition) is 2. The van der Waals surface area contributed by atoms with Crippen LogP contribution in [0.15, 0.2) is 52.5 Å². The van der Waals surface area contributed by atoms with Crippen LogP contribution in [-0.2, 0) is 25.8 Å². The van der Waals surface area contributed by atoms with Gasteiger partial charge in [-0.15, -0.1) is 23.1 Å². The molecule has 3 aromatic rings. The summed E-state index contributed by atoms with van der Waals surface area (Å²) in [5, 5.41) is 28.7. The lowest BCUT2D eigenvalue weighted by molar-refractivity contribution is -0.662. The number of carbonyl (C=O) groups excluding carboxylic acids is 3. The fourth-order valence-electron chi connectivity index (χ4n) is 4.20. The van der Waals surface area contributed by atoms with Crippen LogP contribution in [0.4, 0.5) is 5.13 Å². The Bertz CT molecular complexity index is 1550. The number of β-lactam (4-membered cyclic amide) rings is 1. The molecule has 13 nitrogen and oxygen atoms in total. The maximum Gasteiger partial charge on any atom is 0.286 e. The van der Waals surface area contributed by atoms with E-state index in [4.69, 9.17) is 15.8 Å². The van der Waals surface area contributed by atoms with E-state index in [9.17, 15) is 19.5 Å². The van der Waals surface area contributed by atoms with Crippen molar-refractivity contribution in [2.75, 3.05) is 18.6 Å². The summed E-state index contributed by atoms with van der Waals surface area (Å²) < 4.78 is 3.57. The number of fused-ring (bicyclic) bond motifs is 2. The third kappa shape index (κ3) is 4.26. The second kappa shape index (κ2) is 9.56. The minimum atomic E-state index is -1.48. The summed E-state index contributed by atoms with van der Waals surface area (Å²) >= 11 is 2.44.